The second-order valence-electron chi connectivity index (χ2n) is 12.5. The van der Waals surface area contributed by atoms with E-state index in [0.717, 1.165) is 27.4 Å². The lowest BCUT2D eigenvalue weighted by molar-refractivity contribution is -0.00949. The lowest BCUT2D eigenvalue weighted by Gasteiger charge is -2.36. The van der Waals surface area contributed by atoms with E-state index >= 15 is 0 Å². The molecule has 0 spiro atoms. The number of hydrogen-bond donors (Lipinski definition) is 0. The zero-order valence-corrected chi connectivity index (χ0v) is 26.4. The highest BCUT2D eigenvalue weighted by molar-refractivity contribution is 9.10. The maximum Gasteiger partial charge on any atom is 0.489 e. The van der Waals surface area contributed by atoms with Crippen LogP contribution in [0.15, 0.2) is 53.4 Å². The highest BCUT2D eigenvalue weighted by Crippen LogP contribution is 2.44. The lowest BCUT2D eigenvalue weighted by atomic mass is 9.49. The Kier molecular flexibility index (Phi) is 7.49. The van der Waals surface area contributed by atoms with Crippen molar-refractivity contribution in [3.05, 3.63) is 64.7 Å². The van der Waals surface area contributed by atoms with Crippen LogP contribution in [0.5, 0.6) is 0 Å². The molecule has 0 radical (unpaired) electrons. The molecule has 2 fully saturated rings. The quantitative estimate of drug-likeness (QED) is 0.329. The molecule has 12 heteroatoms. The molecule has 1 unspecified atom stereocenters. The van der Waals surface area contributed by atoms with Gasteiger partial charge in [0, 0.05) is 36.5 Å². The molecule has 0 bridgehead atoms. The van der Waals surface area contributed by atoms with Gasteiger partial charge in [-0.1, -0.05) is 6.07 Å². The molecule has 2 aliphatic heterocycles. The van der Waals surface area contributed by atoms with Gasteiger partial charge in [-0.05, 0) is 101 Å². The number of pyridine rings is 2. The minimum atomic E-state index is -0.640. The topological polar surface area (TPSA) is 83.8 Å². The number of nitrogens with zero attached hydrogens (tertiary/aromatic N) is 5. The van der Waals surface area contributed by atoms with Crippen molar-refractivity contribution in [3.8, 4) is 5.82 Å². The normalized spacial score (nSPS) is 23.9. The van der Waals surface area contributed by atoms with Crippen LogP contribution in [0.2, 0.25) is 0 Å². The smallest absolute Gasteiger partial charge is 0.405 e. The zero-order valence-electron chi connectivity index (χ0n) is 24.8. The van der Waals surface area contributed by atoms with Gasteiger partial charge in [-0.3, -0.25) is 0 Å². The Bertz CT molecular complexity index is 1340. The SMILES string of the molecule is C[C@@H](c1ccc(-n2ccc(CC3(C)OB(B4OC(C)(C)C(C)(C)O4)OC3(C)C)n2)nc1)N(C)c1ccc(Br)cn1. The maximum absolute atomic E-state index is 6.51. The zero-order chi connectivity index (χ0) is 29.1. The van der Waals surface area contributed by atoms with Crippen LogP contribution in [-0.4, -0.2) is 63.2 Å². The Morgan fingerprint density at radius 3 is 2.10 bits per heavy atom. The third-order valence-electron chi connectivity index (χ3n) is 8.86. The Morgan fingerprint density at radius 1 is 0.850 bits per heavy atom. The van der Waals surface area contributed by atoms with E-state index in [9.17, 15) is 0 Å². The molecular weight excluding hydrogens is 572 g/mol. The molecule has 40 heavy (non-hydrogen) atoms. The first-order valence-electron chi connectivity index (χ1n) is 13.7. The van der Waals surface area contributed by atoms with Crippen LogP contribution in [0, 0.1) is 0 Å². The minimum absolute atomic E-state index is 0.0991. The second-order valence-corrected chi connectivity index (χ2v) is 13.4. The van der Waals surface area contributed by atoms with Crippen LogP contribution in [0.4, 0.5) is 5.82 Å². The highest BCUT2D eigenvalue weighted by atomic mass is 79.9. The summed E-state index contributed by atoms with van der Waals surface area (Å²) in [7, 11) is 0.792. The van der Waals surface area contributed by atoms with E-state index in [2.05, 4.69) is 45.7 Å². The van der Waals surface area contributed by atoms with Crippen molar-refractivity contribution in [1.29, 1.82) is 0 Å². The molecule has 212 valence electrons. The Balaban J connectivity index is 1.26. The van der Waals surface area contributed by atoms with Crippen molar-refractivity contribution in [1.82, 2.24) is 19.7 Å². The first-order chi connectivity index (χ1) is 18.6. The van der Waals surface area contributed by atoms with Crippen LogP contribution >= 0.6 is 15.9 Å². The molecule has 5 rings (SSSR count). The average Bonchev–Trinajstić information content (AvgIpc) is 3.50. The maximum atomic E-state index is 6.51. The van der Waals surface area contributed by atoms with Gasteiger partial charge in [0.15, 0.2) is 5.82 Å². The number of aromatic nitrogens is 4. The highest BCUT2D eigenvalue weighted by Gasteiger charge is 2.64. The van der Waals surface area contributed by atoms with E-state index in [4.69, 9.17) is 28.7 Å². The van der Waals surface area contributed by atoms with Crippen molar-refractivity contribution in [2.45, 2.75) is 90.3 Å². The molecule has 9 nitrogen and oxygen atoms in total. The molecule has 0 aromatic carbocycles. The monoisotopic (exact) mass is 609 g/mol. The summed E-state index contributed by atoms with van der Waals surface area (Å²) in [5.74, 6) is 1.64. The standard InChI is InChI=1S/C28H38B2BrN5O4/c1-19(35(9)23-13-11-21(31)18-33-23)20-10-12-24(32-17-20)36-15-14-22(34-36)16-28(8)27(6,7)39-30(40-28)29-37-25(2,3)26(4,5)38-29/h10-15,17-19H,16H2,1-9H3/t19-,28?/m0/s1. The average molecular weight is 610 g/mol. The molecule has 5 heterocycles. The Labute approximate surface area is 246 Å². The van der Waals surface area contributed by atoms with Crippen molar-refractivity contribution >= 4 is 35.8 Å². The van der Waals surface area contributed by atoms with Crippen molar-refractivity contribution in [2.75, 3.05) is 11.9 Å². The van der Waals surface area contributed by atoms with Gasteiger partial charge in [-0.15, -0.1) is 0 Å². The Morgan fingerprint density at radius 2 is 1.50 bits per heavy atom. The molecule has 0 saturated carbocycles. The van der Waals surface area contributed by atoms with Crippen molar-refractivity contribution in [2.24, 2.45) is 0 Å². The fraction of sp³-hybridized carbons (Fsp3) is 0.536. The molecule has 3 aromatic heterocycles. The summed E-state index contributed by atoms with van der Waals surface area (Å²) in [6.45, 7) is 16.4. The fourth-order valence-corrected chi connectivity index (χ4v) is 5.15. The number of hydrogen-bond acceptors (Lipinski definition) is 8. The summed E-state index contributed by atoms with van der Waals surface area (Å²) in [5, 5.41) is 4.82. The molecule has 2 atom stereocenters. The van der Waals surface area contributed by atoms with Crippen LogP contribution in [-0.2, 0) is 25.0 Å². The summed E-state index contributed by atoms with van der Waals surface area (Å²) in [4.78, 5) is 11.3. The third kappa shape index (κ3) is 5.36. The lowest BCUT2D eigenvalue weighted by Crippen LogP contribution is -2.46. The predicted molar refractivity (Wildman–Crippen MR) is 160 cm³/mol. The summed E-state index contributed by atoms with van der Waals surface area (Å²) >= 11 is 3.44. The molecule has 0 N–H and O–H groups in total. The van der Waals surface area contributed by atoms with Crippen LogP contribution in [0.3, 0.4) is 0 Å². The molecule has 0 amide bonds. The van der Waals surface area contributed by atoms with Gasteiger partial charge in [-0.25, -0.2) is 14.6 Å². The van der Waals surface area contributed by atoms with E-state index in [-0.39, 0.29) is 6.04 Å². The number of anilines is 1. The third-order valence-corrected chi connectivity index (χ3v) is 9.33. The van der Waals surface area contributed by atoms with E-state index in [1.165, 1.54) is 0 Å². The van der Waals surface area contributed by atoms with E-state index < -0.39 is 36.4 Å². The van der Waals surface area contributed by atoms with E-state index in [1.807, 2.05) is 85.2 Å². The van der Waals surface area contributed by atoms with Crippen LogP contribution < -0.4 is 4.90 Å². The van der Waals surface area contributed by atoms with Crippen molar-refractivity contribution < 1.29 is 18.6 Å². The van der Waals surface area contributed by atoms with Gasteiger partial charge < -0.3 is 23.5 Å². The van der Waals surface area contributed by atoms with Crippen LogP contribution in [0.1, 0.15) is 72.7 Å². The largest absolute Gasteiger partial charge is 0.489 e. The summed E-state index contributed by atoms with van der Waals surface area (Å²) in [5.41, 5.74) is -0.178. The first-order valence-corrected chi connectivity index (χ1v) is 14.5. The molecule has 2 saturated heterocycles. The van der Waals surface area contributed by atoms with Gasteiger partial charge in [-0.2, -0.15) is 5.10 Å². The predicted octanol–water partition coefficient (Wildman–Crippen LogP) is 5.41. The first kappa shape index (κ1) is 29.3. The number of rotatable bonds is 7. The number of halogens is 1. The summed E-state index contributed by atoms with van der Waals surface area (Å²) in [6.07, 6.45) is 6.18. The van der Waals surface area contributed by atoms with E-state index in [0.29, 0.717) is 6.42 Å². The second kappa shape index (κ2) is 10.2. The van der Waals surface area contributed by atoms with E-state index in [1.54, 1.807) is 10.9 Å². The molecule has 3 aromatic rings. The van der Waals surface area contributed by atoms with Gasteiger partial charge in [0.1, 0.15) is 5.82 Å². The van der Waals surface area contributed by atoms with Gasteiger partial charge in [0.25, 0.3) is 0 Å². The molecule has 0 aliphatic carbocycles. The van der Waals surface area contributed by atoms with Gasteiger partial charge >= 0.3 is 14.0 Å². The van der Waals surface area contributed by atoms with Crippen LogP contribution in [0.25, 0.3) is 5.82 Å². The van der Waals surface area contributed by atoms with Gasteiger partial charge in [0.2, 0.25) is 0 Å². The van der Waals surface area contributed by atoms with Crippen molar-refractivity contribution in [3.63, 3.8) is 0 Å². The minimum Gasteiger partial charge on any atom is -0.405 e. The van der Waals surface area contributed by atoms with Gasteiger partial charge in [0.05, 0.1) is 34.1 Å². The molecule has 2 aliphatic rings. The molecular formula is C28H38B2BrN5O4. The summed E-state index contributed by atoms with van der Waals surface area (Å²) < 4.78 is 28.0. The Hall–Kier alpha value is -2.24. The summed E-state index contributed by atoms with van der Waals surface area (Å²) in [6, 6.07) is 10.1. The fourth-order valence-electron chi connectivity index (χ4n) is 4.91.